The summed E-state index contributed by atoms with van der Waals surface area (Å²) in [5, 5.41) is 3.64. The lowest BCUT2D eigenvalue weighted by molar-refractivity contribution is 0.309. The lowest BCUT2D eigenvalue weighted by Gasteiger charge is -2.30. The summed E-state index contributed by atoms with van der Waals surface area (Å²) in [6, 6.07) is 8.36. The Morgan fingerprint density at radius 2 is 1.50 bits per heavy atom. The predicted octanol–water partition coefficient (Wildman–Crippen LogP) is 3.65. The first-order valence-corrected chi connectivity index (χ1v) is 8.92. The van der Waals surface area contributed by atoms with Gasteiger partial charge in [0, 0.05) is 6.54 Å². The molecule has 1 atom stereocenters. The molecule has 1 N–H and O–H groups in total. The van der Waals surface area contributed by atoms with E-state index in [9.17, 15) is 0 Å². The Morgan fingerprint density at radius 1 is 0.885 bits per heavy atom. The van der Waals surface area contributed by atoms with E-state index in [0.29, 0.717) is 6.61 Å². The highest BCUT2D eigenvalue weighted by Crippen LogP contribution is 2.40. The van der Waals surface area contributed by atoms with Crippen LogP contribution in [0.25, 0.3) is 0 Å². The minimum Gasteiger partial charge on any atom is -0.493 e. The van der Waals surface area contributed by atoms with Crippen LogP contribution in [0.15, 0.2) is 24.3 Å². The molecule has 3 rings (SSSR count). The van der Waals surface area contributed by atoms with Crippen LogP contribution < -0.4 is 24.3 Å². The largest absolute Gasteiger partial charge is 0.493 e. The van der Waals surface area contributed by atoms with Gasteiger partial charge in [0.15, 0.2) is 23.0 Å². The van der Waals surface area contributed by atoms with E-state index in [4.69, 9.17) is 18.9 Å². The molecule has 5 nitrogen and oxygen atoms in total. The lowest BCUT2D eigenvalue weighted by Crippen LogP contribution is -2.31. The van der Waals surface area contributed by atoms with Crippen LogP contribution in [-0.4, -0.2) is 34.5 Å². The van der Waals surface area contributed by atoms with Crippen molar-refractivity contribution in [2.24, 2.45) is 0 Å². The fraction of sp³-hybridized carbons (Fsp3) is 0.429. The van der Waals surface area contributed by atoms with Gasteiger partial charge in [0.05, 0.1) is 34.0 Å². The first-order chi connectivity index (χ1) is 12.6. The Kier molecular flexibility index (Phi) is 5.57. The van der Waals surface area contributed by atoms with Gasteiger partial charge in [-0.25, -0.2) is 0 Å². The quantitative estimate of drug-likeness (QED) is 0.855. The number of fused-ring (bicyclic) bond motifs is 1. The molecule has 0 saturated heterocycles. The Bertz CT molecular complexity index is 788. The summed E-state index contributed by atoms with van der Waals surface area (Å²) in [5.74, 6) is 3.05. The van der Waals surface area contributed by atoms with E-state index in [0.717, 1.165) is 41.5 Å². The number of ether oxygens (including phenoxy) is 4. The molecule has 0 spiro atoms. The summed E-state index contributed by atoms with van der Waals surface area (Å²) in [4.78, 5) is 0. The van der Waals surface area contributed by atoms with E-state index in [1.165, 1.54) is 16.7 Å². The number of aryl methyl sites for hydroxylation is 1. The standard InChI is InChI=1S/C21H27NO4/c1-6-26-20-12-16-14(10-18(20)24-4)7-8-22-21(16)15-11-19(25-5)17(23-3)9-13(15)2/h9-12,21-22H,6-8H2,1-5H3. The van der Waals surface area contributed by atoms with Gasteiger partial charge in [-0.2, -0.15) is 0 Å². The molecule has 0 bridgehead atoms. The molecule has 140 valence electrons. The predicted molar refractivity (Wildman–Crippen MR) is 102 cm³/mol. The zero-order valence-corrected chi connectivity index (χ0v) is 16.1. The van der Waals surface area contributed by atoms with Crippen LogP contribution in [0.1, 0.15) is 35.2 Å². The second kappa shape index (κ2) is 7.87. The molecule has 1 heterocycles. The molecule has 0 radical (unpaired) electrons. The fourth-order valence-corrected chi connectivity index (χ4v) is 3.58. The van der Waals surface area contributed by atoms with Gasteiger partial charge < -0.3 is 24.3 Å². The number of benzene rings is 2. The molecule has 5 heteroatoms. The lowest BCUT2D eigenvalue weighted by atomic mass is 9.87. The third-order valence-corrected chi connectivity index (χ3v) is 4.86. The summed E-state index contributed by atoms with van der Waals surface area (Å²) in [6.07, 6.45) is 0.959. The van der Waals surface area contributed by atoms with E-state index in [1.807, 2.05) is 13.0 Å². The van der Waals surface area contributed by atoms with Crippen LogP contribution in [0.5, 0.6) is 23.0 Å². The van der Waals surface area contributed by atoms with Crippen LogP contribution in [0, 0.1) is 6.92 Å². The topological polar surface area (TPSA) is 49.0 Å². The summed E-state index contributed by atoms with van der Waals surface area (Å²) in [6.45, 7) is 5.58. The maximum atomic E-state index is 5.79. The molecule has 0 fully saturated rings. The van der Waals surface area contributed by atoms with E-state index in [1.54, 1.807) is 21.3 Å². The number of hydrogen-bond donors (Lipinski definition) is 1. The van der Waals surface area contributed by atoms with Crippen molar-refractivity contribution in [3.63, 3.8) is 0 Å². The van der Waals surface area contributed by atoms with Crippen molar-refractivity contribution in [3.8, 4) is 23.0 Å². The molecular weight excluding hydrogens is 330 g/mol. The number of rotatable bonds is 6. The average molecular weight is 357 g/mol. The van der Waals surface area contributed by atoms with E-state index < -0.39 is 0 Å². The van der Waals surface area contributed by atoms with E-state index >= 15 is 0 Å². The van der Waals surface area contributed by atoms with Crippen molar-refractivity contribution in [3.05, 3.63) is 46.5 Å². The van der Waals surface area contributed by atoms with E-state index in [2.05, 4.69) is 30.4 Å². The summed E-state index contributed by atoms with van der Waals surface area (Å²) >= 11 is 0. The van der Waals surface area contributed by atoms with Crippen molar-refractivity contribution < 1.29 is 18.9 Å². The molecule has 0 amide bonds. The number of hydrogen-bond acceptors (Lipinski definition) is 5. The molecule has 2 aromatic rings. The van der Waals surface area contributed by atoms with Crippen LogP contribution >= 0.6 is 0 Å². The number of nitrogens with one attached hydrogen (secondary N) is 1. The zero-order chi connectivity index (χ0) is 18.7. The maximum absolute atomic E-state index is 5.79. The molecule has 1 aliphatic heterocycles. The Balaban J connectivity index is 2.11. The van der Waals surface area contributed by atoms with Gasteiger partial charge in [-0.05, 0) is 66.8 Å². The molecule has 1 aliphatic rings. The molecule has 2 aromatic carbocycles. The Labute approximate surface area is 155 Å². The smallest absolute Gasteiger partial charge is 0.161 e. The van der Waals surface area contributed by atoms with Crippen molar-refractivity contribution in [2.75, 3.05) is 34.5 Å². The fourth-order valence-electron chi connectivity index (χ4n) is 3.58. The van der Waals surface area contributed by atoms with Gasteiger partial charge in [0.2, 0.25) is 0 Å². The van der Waals surface area contributed by atoms with E-state index in [-0.39, 0.29) is 6.04 Å². The minimum atomic E-state index is 0.0728. The summed E-state index contributed by atoms with van der Waals surface area (Å²) in [7, 11) is 5.00. The second-order valence-corrected chi connectivity index (χ2v) is 6.34. The highest BCUT2D eigenvalue weighted by atomic mass is 16.5. The van der Waals surface area contributed by atoms with Crippen molar-refractivity contribution in [1.82, 2.24) is 5.32 Å². The van der Waals surface area contributed by atoms with Crippen molar-refractivity contribution in [2.45, 2.75) is 26.3 Å². The first-order valence-electron chi connectivity index (χ1n) is 8.92. The molecule has 0 saturated carbocycles. The summed E-state index contributed by atoms with van der Waals surface area (Å²) in [5.41, 5.74) is 4.83. The van der Waals surface area contributed by atoms with Crippen molar-refractivity contribution in [1.29, 1.82) is 0 Å². The van der Waals surface area contributed by atoms with Gasteiger partial charge in [0.1, 0.15) is 0 Å². The van der Waals surface area contributed by atoms with Crippen LogP contribution in [0.2, 0.25) is 0 Å². The highest BCUT2D eigenvalue weighted by molar-refractivity contribution is 5.55. The second-order valence-electron chi connectivity index (χ2n) is 6.34. The van der Waals surface area contributed by atoms with Gasteiger partial charge >= 0.3 is 0 Å². The normalized spacial score (nSPS) is 16.0. The Hall–Kier alpha value is -2.40. The van der Waals surface area contributed by atoms with Gasteiger partial charge in [0.25, 0.3) is 0 Å². The molecule has 0 aliphatic carbocycles. The summed E-state index contributed by atoms with van der Waals surface area (Å²) < 4.78 is 22.2. The van der Waals surface area contributed by atoms with Crippen LogP contribution in [0.3, 0.4) is 0 Å². The average Bonchev–Trinajstić information content (AvgIpc) is 2.67. The zero-order valence-electron chi connectivity index (χ0n) is 16.1. The van der Waals surface area contributed by atoms with Crippen LogP contribution in [0.4, 0.5) is 0 Å². The highest BCUT2D eigenvalue weighted by Gasteiger charge is 2.26. The van der Waals surface area contributed by atoms with Gasteiger partial charge in [-0.15, -0.1) is 0 Å². The molecular formula is C21H27NO4. The van der Waals surface area contributed by atoms with Crippen molar-refractivity contribution >= 4 is 0 Å². The third-order valence-electron chi connectivity index (χ3n) is 4.86. The molecule has 26 heavy (non-hydrogen) atoms. The number of methoxy groups -OCH3 is 3. The van der Waals surface area contributed by atoms with Gasteiger partial charge in [-0.3, -0.25) is 0 Å². The van der Waals surface area contributed by atoms with Gasteiger partial charge in [-0.1, -0.05) is 0 Å². The molecule has 1 unspecified atom stereocenters. The maximum Gasteiger partial charge on any atom is 0.161 e. The SMILES string of the molecule is CCOc1cc2c(cc1OC)CCNC2c1cc(OC)c(OC)cc1C. The minimum absolute atomic E-state index is 0.0728. The molecule has 0 aromatic heterocycles. The monoisotopic (exact) mass is 357 g/mol. The third kappa shape index (κ3) is 3.31. The van der Waals surface area contributed by atoms with Crippen LogP contribution in [-0.2, 0) is 6.42 Å². The first kappa shape index (κ1) is 18.4. The Morgan fingerprint density at radius 3 is 2.15 bits per heavy atom.